The van der Waals surface area contributed by atoms with E-state index in [9.17, 15) is 4.79 Å². The number of thiazole rings is 1. The van der Waals surface area contributed by atoms with Crippen molar-refractivity contribution >= 4 is 23.1 Å². The topological polar surface area (TPSA) is 64.1 Å². The van der Waals surface area contributed by atoms with Crippen LogP contribution >= 0.6 is 11.3 Å². The summed E-state index contributed by atoms with van der Waals surface area (Å²) in [5.41, 5.74) is 1.54. The van der Waals surface area contributed by atoms with Crippen LogP contribution in [0.15, 0.2) is 54.0 Å². The molecule has 3 rings (SSSR count). The van der Waals surface area contributed by atoms with Crippen LogP contribution in [0.4, 0.5) is 5.82 Å². The zero-order chi connectivity index (χ0) is 16.1. The molecule has 0 aliphatic rings. The minimum atomic E-state index is -0.276. The molecule has 1 N–H and O–H groups in total. The minimum absolute atomic E-state index is 0.276. The number of aromatic nitrogens is 2. The molecule has 0 atom stereocenters. The predicted octanol–water partition coefficient (Wildman–Crippen LogP) is 3.68. The second-order valence-corrected chi connectivity index (χ2v) is 5.84. The number of pyridine rings is 1. The average molecular weight is 325 g/mol. The number of hydrogen-bond acceptors (Lipinski definition) is 5. The van der Waals surface area contributed by atoms with Crippen molar-refractivity contribution in [1.29, 1.82) is 0 Å². The van der Waals surface area contributed by atoms with Crippen LogP contribution < -0.4 is 10.1 Å². The molecule has 0 fully saturated rings. The molecule has 2 heterocycles. The monoisotopic (exact) mass is 325 g/mol. The van der Waals surface area contributed by atoms with Gasteiger partial charge in [-0.05, 0) is 31.2 Å². The highest BCUT2D eigenvalue weighted by Crippen LogP contribution is 2.16. The number of hydrogen-bond donors (Lipinski definition) is 1. The van der Waals surface area contributed by atoms with Crippen LogP contribution in [0, 0.1) is 6.92 Å². The van der Waals surface area contributed by atoms with Crippen molar-refractivity contribution in [3.8, 4) is 5.75 Å². The molecule has 0 spiro atoms. The van der Waals surface area contributed by atoms with Gasteiger partial charge in [0.2, 0.25) is 0 Å². The van der Waals surface area contributed by atoms with Crippen molar-refractivity contribution in [3.05, 3.63) is 70.3 Å². The standard InChI is InChI=1S/C17H15N3O2S/c1-12-5-7-13(8-6-12)22-10-16-19-14(11-23-16)17(21)20-15-4-2-3-9-18-15/h2-9,11H,10H2,1H3,(H,18,20,21). The molecule has 0 aliphatic carbocycles. The number of nitrogens with one attached hydrogen (secondary N) is 1. The summed E-state index contributed by atoms with van der Waals surface area (Å²) in [6, 6.07) is 13.1. The van der Waals surface area contributed by atoms with Crippen LogP contribution in [0.2, 0.25) is 0 Å². The van der Waals surface area contributed by atoms with Gasteiger partial charge in [-0.2, -0.15) is 0 Å². The Bertz CT molecular complexity index is 785. The molecule has 0 saturated carbocycles. The fourth-order valence-electron chi connectivity index (χ4n) is 1.88. The number of rotatable bonds is 5. The number of carbonyl (C=O) groups is 1. The van der Waals surface area contributed by atoms with Gasteiger partial charge in [-0.15, -0.1) is 11.3 Å². The molecule has 5 nitrogen and oxygen atoms in total. The van der Waals surface area contributed by atoms with Gasteiger partial charge >= 0.3 is 0 Å². The summed E-state index contributed by atoms with van der Waals surface area (Å²) in [4.78, 5) is 20.4. The molecule has 23 heavy (non-hydrogen) atoms. The van der Waals surface area contributed by atoms with Crippen molar-refractivity contribution < 1.29 is 9.53 Å². The quantitative estimate of drug-likeness (QED) is 0.777. The van der Waals surface area contributed by atoms with Gasteiger partial charge in [0.15, 0.2) is 0 Å². The maximum Gasteiger partial charge on any atom is 0.276 e. The Balaban J connectivity index is 1.59. The van der Waals surface area contributed by atoms with Crippen molar-refractivity contribution in [3.63, 3.8) is 0 Å². The van der Waals surface area contributed by atoms with E-state index in [1.54, 1.807) is 23.7 Å². The third kappa shape index (κ3) is 4.14. The Morgan fingerprint density at radius 3 is 2.78 bits per heavy atom. The summed E-state index contributed by atoms with van der Waals surface area (Å²) >= 11 is 1.39. The van der Waals surface area contributed by atoms with Gasteiger partial charge in [0.05, 0.1) is 0 Å². The third-order valence-corrected chi connectivity index (χ3v) is 3.90. The van der Waals surface area contributed by atoms with E-state index in [0.717, 1.165) is 10.8 Å². The normalized spacial score (nSPS) is 10.3. The van der Waals surface area contributed by atoms with Crippen molar-refractivity contribution in [2.24, 2.45) is 0 Å². The van der Waals surface area contributed by atoms with Gasteiger partial charge < -0.3 is 10.1 Å². The van der Waals surface area contributed by atoms with E-state index in [1.165, 1.54) is 16.9 Å². The molecule has 0 aliphatic heterocycles. The van der Waals surface area contributed by atoms with Gasteiger partial charge in [-0.1, -0.05) is 23.8 Å². The van der Waals surface area contributed by atoms with Crippen LogP contribution in [0.5, 0.6) is 5.75 Å². The SMILES string of the molecule is Cc1ccc(OCc2nc(C(=O)Nc3ccccn3)cs2)cc1. The highest BCUT2D eigenvalue weighted by atomic mass is 32.1. The molecule has 116 valence electrons. The second kappa shape index (κ2) is 7.02. The van der Waals surface area contributed by atoms with E-state index in [2.05, 4.69) is 15.3 Å². The minimum Gasteiger partial charge on any atom is -0.486 e. The van der Waals surface area contributed by atoms with Crippen molar-refractivity contribution in [1.82, 2.24) is 9.97 Å². The summed E-state index contributed by atoms with van der Waals surface area (Å²) in [5.74, 6) is 1.01. The largest absolute Gasteiger partial charge is 0.486 e. The number of aryl methyl sites for hydroxylation is 1. The van der Waals surface area contributed by atoms with Crippen LogP contribution in [0.3, 0.4) is 0 Å². The van der Waals surface area contributed by atoms with Crippen LogP contribution in [-0.4, -0.2) is 15.9 Å². The fraction of sp³-hybridized carbons (Fsp3) is 0.118. The zero-order valence-corrected chi connectivity index (χ0v) is 13.3. The Labute approximate surface area is 138 Å². The van der Waals surface area contributed by atoms with Gasteiger partial charge in [0, 0.05) is 11.6 Å². The lowest BCUT2D eigenvalue weighted by Gasteiger charge is -2.04. The molecule has 0 saturated heterocycles. The highest BCUT2D eigenvalue weighted by molar-refractivity contribution is 7.09. The van der Waals surface area contributed by atoms with E-state index in [-0.39, 0.29) is 5.91 Å². The molecule has 2 aromatic heterocycles. The van der Waals surface area contributed by atoms with E-state index in [1.807, 2.05) is 37.3 Å². The van der Waals surface area contributed by atoms with Gasteiger partial charge in [-0.25, -0.2) is 9.97 Å². The van der Waals surface area contributed by atoms with E-state index < -0.39 is 0 Å². The van der Waals surface area contributed by atoms with Crippen molar-refractivity contribution in [2.45, 2.75) is 13.5 Å². The average Bonchev–Trinajstić information content (AvgIpc) is 3.04. The second-order valence-electron chi connectivity index (χ2n) is 4.90. The molecule has 0 radical (unpaired) electrons. The Kier molecular flexibility index (Phi) is 4.63. The molecule has 3 aromatic rings. The van der Waals surface area contributed by atoms with E-state index in [0.29, 0.717) is 18.1 Å². The van der Waals surface area contributed by atoms with Crippen molar-refractivity contribution in [2.75, 3.05) is 5.32 Å². The van der Waals surface area contributed by atoms with Crippen LogP contribution in [-0.2, 0) is 6.61 Å². The summed E-state index contributed by atoms with van der Waals surface area (Å²) in [7, 11) is 0. The number of anilines is 1. The summed E-state index contributed by atoms with van der Waals surface area (Å²) in [6.45, 7) is 2.36. The van der Waals surface area contributed by atoms with E-state index >= 15 is 0 Å². The summed E-state index contributed by atoms with van der Waals surface area (Å²) in [5, 5.41) is 5.17. The molecule has 0 bridgehead atoms. The first-order valence-electron chi connectivity index (χ1n) is 7.07. The number of amides is 1. The third-order valence-electron chi connectivity index (χ3n) is 3.07. The number of benzene rings is 1. The lowest BCUT2D eigenvalue weighted by molar-refractivity contribution is 0.102. The lowest BCUT2D eigenvalue weighted by atomic mass is 10.2. The van der Waals surface area contributed by atoms with Gasteiger partial charge in [0.1, 0.15) is 28.9 Å². The predicted molar refractivity (Wildman–Crippen MR) is 89.8 cm³/mol. The first-order chi connectivity index (χ1) is 11.2. The molecular formula is C17H15N3O2S. The molecule has 6 heteroatoms. The fourth-order valence-corrected chi connectivity index (χ4v) is 2.56. The highest BCUT2D eigenvalue weighted by Gasteiger charge is 2.11. The smallest absolute Gasteiger partial charge is 0.276 e. The first-order valence-corrected chi connectivity index (χ1v) is 7.95. The number of carbonyl (C=O) groups excluding carboxylic acids is 1. The molecule has 1 aromatic carbocycles. The Morgan fingerprint density at radius 2 is 2.04 bits per heavy atom. The molecule has 0 unspecified atom stereocenters. The number of ether oxygens (including phenoxy) is 1. The summed E-state index contributed by atoms with van der Waals surface area (Å²) in [6.07, 6.45) is 1.62. The maximum atomic E-state index is 12.1. The Morgan fingerprint density at radius 1 is 1.22 bits per heavy atom. The van der Waals surface area contributed by atoms with Crippen LogP contribution in [0.1, 0.15) is 21.1 Å². The molecular weight excluding hydrogens is 310 g/mol. The zero-order valence-electron chi connectivity index (χ0n) is 12.5. The maximum absolute atomic E-state index is 12.1. The Hall–Kier alpha value is -2.73. The van der Waals surface area contributed by atoms with Crippen LogP contribution in [0.25, 0.3) is 0 Å². The van der Waals surface area contributed by atoms with Gasteiger partial charge in [-0.3, -0.25) is 4.79 Å². The number of nitrogens with zero attached hydrogens (tertiary/aromatic N) is 2. The first kappa shape index (κ1) is 15.2. The lowest BCUT2D eigenvalue weighted by Crippen LogP contribution is -2.13. The molecule has 1 amide bonds. The van der Waals surface area contributed by atoms with E-state index in [4.69, 9.17) is 4.74 Å². The summed E-state index contributed by atoms with van der Waals surface area (Å²) < 4.78 is 5.66. The van der Waals surface area contributed by atoms with Gasteiger partial charge in [0.25, 0.3) is 5.91 Å².